The fourth-order valence-electron chi connectivity index (χ4n) is 1.26. The molecule has 2 nitrogen and oxygen atoms in total. The first-order chi connectivity index (χ1) is 6.66. The molecule has 0 aliphatic heterocycles. The average Bonchev–Trinajstić information content (AvgIpc) is 2.18. The first-order valence-electron chi connectivity index (χ1n) is 4.28. The maximum atomic E-state index is 10.9. The fraction of sp³-hybridized carbons (Fsp3) is 0.300. The van der Waals surface area contributed by atoms with Crippen LogP contribution in [-0.4, -0.2) is 16.8 Å². The van der Waals surface area contributed by atoms with E-state index in [4.69, 9.17) is 5.11 Å². The van der Waals surface area contributed by atoms with Gasteiger partial charge in [-0.3, -0.25) is 0 Å². The van der Waals surface area contributed by atoms with E-state index in [1.165, 1.54) is 0 Å². The number of hydrogen-bond acceptors (Lipinski definition) is 3. The van der Waals surface area contributed by atoms with Crippen molar-refractivity contribution in [1.82, 2.24) is 0 Å². The van der Waals surface area contributed by atoms with Gasteiger partial charge in [0.15, 0.2) is 0 Å². The van der Waals surface area contributed by atoms with Crippen LogP contribution in [0.15, 0.2) is 24.3 Å². The quantitative estimate of drug-likeness (QED) is 0.693. The van der Waals surface area contributed by atoms with E-state index in [0.717, 1.165) is 12.0 Å². The van der Waals surface area contributed by atoms with Crippen molar-refractivity contribution >= 4 is 31.2 Å². The van der Waals surface area contributed by atoms with Gasteiger partial charge in [-0.15, -0.1) is 0 Å². The Morgan fingerprint density at radius 2 is 2.07 bits per heavy atom. The van der Waals surface area contributed by atoms with Gasteiger partial charge in [0.1, 0.15) is 0 Å². The number of hydrogen-bond donors (Lipinski definition) is 3. The van der Waals surface area contributed by atoms with Crippen molar-refractivity contribution in [1.29, 1.82) is 0 Å². The molecule has 0 aliphatic rings. The molecule has 1 aromatic rings. The van der Waals surface area contributed by atoms with E-state index in [9.17, 15) is 4.79 Å². The summed E-state index contributed by atoms with van der Waals surface area (Å²) in [6.07, 6.45) is 0.760. The first-order valence-corrected chi connectivity index (χ1v) is 5.43. The van der Waals surface area contributed by atoms with Gasteiger partial charge < -0.3 is 5.11 Å². The lowest BCUT2D eigenvalue weighted by molar-refractivity contribution is 0.0695. The molecule has 1 N–H and O–H groups in total. The minimum atomic E-state index is -0.904. The number of carbonyl (C=O) groups is 1. The lowest BCUT2D eigenvalue weighted by Gasteiger charge is -2.11. The van der Waals surface area contributed by atoms with Gasteiger partial charge in [0.25, 0.3) is 0 Å². The van der Waals surface area contributed by atoms with E-state index >= 15 is 0 Å². The van der Waals surface area contributed by atoms with Crippen LogP contribution in [0.3, 0.4) is 0 Å². The van der Waals surface area contributed by atoms with Crippen LogP contribution in [0.5, 0.6) is 0 Å². The maximum absolute atomic E-state index is 10.9. The molecule has 1 rings (SSSR count). The summed E-state index contributed by atoms with van der Waals surface area (Å²) in [5, 5.41) is 8.87. The second-order valence-corrected chi connectivity index (χ2v) is 3.99. The van der Waals surface area contributed by atoms with Crippen LogP contribution >= 0.6 is 25.3 Å². The molecule has 0 spiro atoms. The van der Waals surface area contributed by atoms with Gasteiger partial charge in [0.05, 0.1) is 5.56 Å². The second-order valence-electron chi connectivity index (χ2n) is 2.92. The largest absolute Gasteiger partial charge is 0.478 e. The molecule has 0 bridgehead atoms. The molecule has 0 heterocycles. The summed E-state index contributed by atoms with van der Waals surface area (Å²) in [4.78, 5) is 10.9. The van der Waals surface area contributed by atoms with Gasteiger partial charge in [-0.2, -0.15) is 25.3 Å². The highest BCUT2D eigenvalue weighted by molar-refractivity contribution is 7.81. The van der Waals surface area contributed by atoms with E-state index < -0.39 is 5.97 Å². The molecule has 0 aromatic heterocycles. The SMILES string of the molecule is O=C(O)c1ccccc1C(S)CCS. The predicted octanol–water partition coefficient (Wildman–Crippen LogP) is 2.68. The van der Waals surface area contributed by atoms with Crippen molar-refractivity contribution in [2.45, 2.75) is 11.7 Å². The Kier molecular flexibility index (Phi) is 4.35. The van der Waals surface area contributed by atoms with E-state index in [1.54, 1.807) is 18.2 Å². The molecular formula is C10H12O2S2. The summed E-state index contributed by atoms with van der Waals surface area (Å²) < 4.78 is 0. The number of thiol groups is 2. The standard InChI is InChI=1S/C10H12O2S2/c11-10(12)8-4-2-1-3-7(8)9(14)5-6-13/h1-4,9,13-14H,5-6H2,(H,11,12). The van der Waals surface area contributed by atoms with Crippen molar-refractivity contribution in [2.75, 3.05) is 5.75 Å². The van der Waals surface area contributed by atoms with E-state index in [-0.39, 0.29) is 5.25 Å². The van der Waals surface area contributed by atoms with Crippen LogP contribution in [0, 0.1) is 0 Å². The Morgan fingerprint density at radius 3 is 2.64 bits per heavy atom. The number of carboxylic acids is 1. The molecule has 0 saturated carbocycles. The number of benzene rings is 1. The van der Waals surface area contributed by atoms with Crippen molar-refractivity contribution in [3.05, 3.63) is 35.4 Å². The van der Waals surface area contributed by atoms with Crippen LogP contribution in [0.25, 0.3) is 0 Å². The Balaban J connectivity index is 3.00. The molecule has 1 atom stereocenters. The second kappa shape index (κ2) is 5.32. The molecule has 14 heavy (non-hydrogen) atoms. The molecular weight excluding hydrogens is 216 g/mol. The zero-order valence-electron chi connectivity index (χ0n) is 7.55. The molecule has 1 unspecified atom stereocenters. The van der Waals surface area contributed by atoms with E-state index in [1.807, 2.05) is 6.07 Å². The molecule has 1 aromatic carbocycles. The lowest BCUT2D eigenvalue weighted by Crippen LogP contribution is -2.04. The van der Waals surface area contributed by atoms with Crippen LogP contribution in [0.4, 0.5) is 0 Å². The third-order valence-corrected chi connectivity index (χ3v) is 2.75. The summed E-state index contributed by atoms with van der Waals surface area (Å²) >= 11 is 8.45. The average molecular weight is 228 g/mol. The summed E-state index contributed by atoms with van der Waals surface area (Å²) in [6, 6.07) is 6.93. The van der Waals surface area contributed by atoms with Gasteiger partial charge in [-0.25, -0.2) is 4.79 Å². The van der Waals surface area contributed by atoms with Gasteiger partial charge >= 0.3 is 5.97 Å². The smallest absolute Gasteiger partial charge is 0.336 e. The summed E-state index contributed by atoms with van der Waals surface area (Å²) in [5.41, 5.74) is 1.09. The van der Waals surface area contributed by atoms with Crippen molar-refractivity contribution in [3.63, 3.8) is 0 Å². The highest BCUT2D eigenvalue weighted by Crippen LogP contribution is 2.26. The van der Waals surface area contributed by atoms with Gasteiger partial charge in [-0.05, 0) is 23.8 Å². The molecule has 4 heteroatoms. The molecule has 76 valence electrons. The number of carboxylic acid groups (broad SMARTS) is 1. The van der Waals surface area contributed by atoms with Crippen LogP contribution in [-0.2, 0) is 0 Å². The fourth-order valence-corrected chi connectivity index (χ4v) is 2.08. The Labute approximate surface area is 94.2 Å². The lowest BCUT2D eigenvalue weighted by atomic mass is 10.0. The molecule has 0 fully saturated rings. The molecule has 0 amide bonds. The zero-order chi connectivity index (χ0) is 10.6. The topological polar surface area (TPSA) is 37.3 Å². The first kappa shape index (κ1) is 11.5. The summed E-state index contributed by atoms with van der Waals surface area (Å²) in [5.74, 6) is -0.207. The zero-order valence-corrected chi connectivity index (χ0v) is 9.34. The molecule has 0 aliphatic carbocycles. The summed E-state index contributed by atoms with van der Waals surface area (Å²) in [7, 11) is 0. The molecule has 0 saturated heterocycles. The minimum Gasteiger partial charge on any atom is -0.478 e. The van der Waals surface area contributed by atoms with Crippen molar-refractivity contribution < 1.29 is 9.90 Å². The van der Waals surface area contributed by atoms with E-state index in [2.05, 4.69) is 25.3 Å². The maximum Gasteiger partial charge on any atom is 0.336 e. The van der Waals surface area contributed by atoms with Crippen molar-refractivity contribution in [3.8, 4) is 0 Å². The third-order valence-electron chi connectivity index (χ3n) is 1.95. The normalized spacial score (nSPS) is 12.4. The molecule has 0 radical (unpaired) electrons. The Morgan fingerprint density at radius 1 is 1.43 bits per heavy atom. The number of aromatic carboxylic acids is 1. The van der Waals surface area contributed by atoms with Gasteiger partial charge in [-0.1, -0.05) is 18.2 Å². The third kappa shape index (κ3) is 2.69. The minimum absolute atomic E-state index is 0.0557. The number of rotatable bonds is 4. The highest BCUT2D eigenvalue weighted by atomic mass is 32.1. The van der Waals surface area contributed by atoms with Gasteiger partial charge in [0.2, 0.25) is 0 Å². The van der Waals surface area contributed by atoms with Crippen LogP contribution in [0.2, 0.25) is 0 Å². The monoisotopic (exact) mass is 228 g/mol. The Hall–Kier alpha value is -0.610. The highest BCUT2D eigenvalue weighted by Gasteiger charge is 2.14. The van der Waals surface area contributed by atoms with E-state index in [0.29, 0.717) is 11.3 Å². The van der Waals surface area contributed by atoms with Crippen molar-refractivity contribution in [2.24, 2.45) is 0 Å². The predicted molar refractivity (Wildman–Crippen MR) is 63.6 cm³/mol. The van der Waals surface area contributed by atoms with Crippen LogP contribution in [0.1, 0.15) is 27.6 Å². The van der Waals surface area contributed by atoms with Crippen LogP contribution < -0.4 is 0 Å². The van der Waals surface area contributed by atoms with Gasteiger partial charge in [0, 0.05) is 5.25 Å². The summed E-state index contributed by atoms with van der Waals surface area (Å²) in [6.45, 7) is 0. The Bertz CT molecular complexity index is 326.